The van der Waals surface area contributed by atoms with Gasteiger partial charge in [-0.05, 0) is 119 Å². The molecular weight excluding hydrogens is 851 g/mol. The Hall–Kier alpha value is -8.09. The third kappa shape index (κ3) is 5.99. The Morgan fingerprint density at radius 2 is 0.910 bits per heavy atom. The third-order valence-corrected chi connectivity index (χ3v) is 15.8. The second kappa shape index (κ2) is 15.2. The fourth-order valence-corrected chi connectivity index (χ4v) is 12.9. The van der Waals surface area contributed by atoms with Gasteiger partial charge < -0.3 is 14.4 Å². The molecule has 0 atom stereocenters. The number of hydrogen-bond acceptors (Lipinski definition) is 4. The predicted molar refractivity (Wildman–Crippen MR) is 288 cm³/mol. The first-order valence-corrected chi connectivity index (χ1v) is 24.4. The molecule has 2 aromatic heterocycles. The Kier molecular flexibility index (Phi) is 8.69. The van der Waals surface area contributed by atoms with E-state index in [-0.39, 0.29) is 0 Å². The normalized spacial score (nSPS) is 12.4. The summed E-state index contributed by atoms with van der Waals surface area (Å²) in [5.41, 5.74) is 12.8. The molecule has 0 saturated carbocycles. The number of fused-ring (bicyclic) bond motifs is 12. The second-order valence-corrected chi connectivity index (χ2v) is 19.4. The van der Waals surface area contributed by atoms with Gasteiger partial charge in [0.25, 0.3) is 0 Å². The number of anilines is 6. The summed E-state index contributed by atoms with van der Waals surface area (Å²) < 4.78 is 5.16. The quantitative estimate of drug-likeness (QED) is 0.165. The van der Waals surface area contributed by atoms with E-state index in [0.717, 1.165) is 34.0 Å². The first-order valence-electron chi connectivity index (χ1n) is 22.8. The molecule has 0 spiro atoms. The zero-order chi connectivity index (χ0) is 44.0. The zero-order valence-corrected chi connectivity index (χ0v) is 37.8. The Balaban J connectivity index is 1.01. The Morgan fingerprint density at radius 3 is 1.69 bits per heavy atom. The molecule has 0 radical (unpaired) electrons. The van der Waals surface area contributed by atoms with Crippen molar-refractivity contribution in [3.63, 3.8) is 0 Å². The monoisotopic (exact) mass is 889 g/mol. The highest BCUT2D eigenvalue weighted by molar-refractivity contribution is 7.99. The van der Waals surface area contributed by atoms with Crippen molar-refractivity contribution in [2.24, 2.45) is 0 Å². The van der Waals surface area contributed by atoms with Crippen LogP contribution in [0, 0.1) is 0 Å². The van der Waals surface area contributed by atoms with E-state index in [1.54, 1.807) is 0 Å². The predicted octanol–water partition coefficient (Wildman–Crippen LogP) is 18.5. The Labute approximate surface area is 396 Å². The standard InChI is InChI=1S/C62H39N3S2/c1-4-18-40(19-5-1)63(44-33-35-56-60(37-44)66-59-31-17-15-29-55(59)64(56)41-20-6-2-7-21-41)43-32-34-47-53-38-51(45-24-10-12-27-49(45)61(53)65(57(47)36-43)42-22-8-3-9-23-42)52-39-54-48-26-14-16-30-58(48)67-62(54)50-28-13-11-25-46(50)52/h1-39H. The minimum absolute atomic E-state index is 1.09. The average Bonchev–Trinajstić information content (AvgIpc) is 3.94. The van der Waals surface area contributed by atoms with Gasteiger partial charge in [0, 0.05) is 79.9 Å². The van der Waals surface area contributed by atoms with Crippen LogP contribution in [-0.2, 0) is 0 Å². The summed E-state index contributed by atoms with van der Waals surface area (Å²) in [5.74, 6) is 0. The van der Waals surface area contributed by atoms with Crippen LogP contribution < -0.4 is 9.80 Å². The molecule has 3 nitrogen and oxygen atoms in total. The van der Waals surface area contributed by atoms with Gasteiger partial charge in [-0.15, -0.1) is 11.3 Å². The van der Waals surface area contributed by atoms with E-state index < -0.39 is 0 Å². The molecule has 11 aromatic carbocycles. The summed E-state index contributed by atoms with van der Waals surface area (Å²) in [7, 11) is 0. The summed E-state index contributed by atoms with van der Waals surface area (Å²) >= 11 is 3.74. The number of benzene rings is 11. The molecule has 0 saturated heterocycles. The van der Waals surface area contributed by atoms with Crippen LogP contribution in [0.1, 0.15) is 0 Å². The van der Waals surface area contributed by atoms with Gasteiger partial charge in [0.05, 0.1) is 22.4 Å². The average molecular weight is 890 g/mol. The minimum atomic E-state index is 1.09. The Bertz CT molecular complexity index is 4080. The van der Waals surface area contributed by atoms with Gasteiger partial charge in [-0.25, -0.2) is 0 Å². The topological polar surface area (TPSA) is 11.4 Å². The minimum Gasteiger partial charge on any atom is -0.310 e. The number of thiophene rings is 1. The molecule has 0 bridgehead atoms. The van der Waals surface area contributed by atoms with Gasteiger partial charge >= 0.3 is 0 Å². The molecule has 0 aliphatic carbocycles. The summed E-state index contributed by atoms with van der Waals surface area (Å²) in [6.45, 7) is 0. The van der Waals surface area contributed by atoms with Crippen LogP contribution in [0.5, 0.6) is 0 Å². The van der Waals surface area contributed by atoms with Gasteiger partial charge in [-0.2, -0.15) is 0 Å². The lowest BCUT2D eigenvalue weighted by molar-refractivity contribution is 1.15. The van der Waals surface area contributed by atoms with Crippen LogP contribution in [0.3, 0.4) is 0 Å². The van der Waals surface area contributed by atoms with Crippen molar-refractivity contribution in [3.05, 3.63) is 237 Å². The number of nitrogens with zero attached hydrogens (tertiary/aromatic N) is 3. The fourth-order valence-electron chi connectivity index (χ4n) is 10.6. The van der Waals surface area contributed by atoms with Crippen molar-refractivity contribution in [1.29, 1.82) is 0 Å². The van der Waals surface area contributed by atoms with E-state index in [0.29, 0.717) is 0 Å². The maximum absolute atomic E-state index is 2.49. The van der Waals surface area contributed by atoms with Gasteiger partial charge in [0.1, 0.15) is 0 Å². The SMILES string of the molecule is c1ccc(N(c2ccc3c(c2)Sc2ccccc2N3c2ccccc2)c2ccc3c4cc(-c5cc6c7ccccc7sc6c6ccccc56)c5ccccc5c4n(-c4ccccc4)c3c2)cc1. The van der Waals surface area contributed by atoms with Gasteiger partial charge in [0.15, 0.2) is 0 Å². The molecule has 13 aromatic rings. The van der Waals surface area contributed by atoms with Crippen molar-refractivity contribution in [1.82, 2.24) is 4.57 Å². The van der Waals surface area contributed by atoms with E-state index in [1.165, 1.54) is 90.3 Å². The van der Waals surface area contributed by atoms with E-state index in [9.17, 15) is 0 Å². The van der Waals surface area contributed by atoms with E-state index >= 15 is 0 Å². The van der Waals surface area contributed by atoms with Gasteiger partial charge in [0.2, 0.25) is 0 Å². The number of hydrogen-bond donors (Lipinski definition) is 0. The summed E-state index contributed by atoms with van der Waals surface area (Å²) in [6.07, 6.45) is 0. The molecule has 314 valence electrons. The lowest BCUT2D eigenvalue weighted by Gasteiger charge is -2.34. The fraction of sp³-hybridized carbons (Fsp3) is 0. The summed E-state index contributed by atoms with van der Waals surface area (Å²) in [6, 6.07) is 86.9. The molecule has 5 heteroatoms. The van der Waals surface area contributed by atoms with Crippen molar-refractivity contribution in [2.45, 2.75) is 9.79 Å². The maximum atomic E-state index is 2.49. The molecule has 1 aliphatic heterocycles. The number of para-hydroxylation sites is 4. The molecule has 14 rings (SSSR count). The second-order valence-electron chi connectivity index (χ2n) is 17.2. The van der Waals surface area contributed by atoms with Crippen molar-refractivity contribution in [3.8, 4) is 16.8 Å². The number of aromatic nitrogens is 1. The smallest absolute Gasteiger partial charge is 0.0619 e. The molecule has 0 amide bonds. The van der Waals surface area contributed by atoms with Crippen LogP contribution in [0.2, 0.25) is 0 Å². The van der Waals surface area contributed by atoms with Crippen molar-refractivity contribution >= 4 is 121 Å². The highest BCUT2D eigenvalue weighted by atomic mass is 32.2. The van der Waals surface area contributed by atoms with E-state index in [4.69, 9.17) is 0 Å². The van der Waals surface area contributed by atoms with Gasteiger partial charge in [-0.1, -0.05) is 151 Å². The van der Waals surface area contributed by atoms with Crippen LogP contribution >= 0.6 is 23.1 Å². The molecule has 67 heavy (non-hydrogen) atoms. The van der Waals surface area contributed by atoms with Crippen LogP contribution in [0.15, 0.2) is 246 Å². The van der Waals surface area contributed by atoms with Crippen molar-refractivity contribution in [2.75, 3.05) is 9.80 Å². The maximum Gasteiger partial charge on any atom is 0.0619 e. The molecule has 1 aliphatic rings. The number of rotatable bonds is 6. The molecule has 3 heterocycles. The highest BCUT2D eigenvalue weighted by Crippen LogP contribution is 2.54. The lowest BCUT2D eigenvalue weighted by atomic mass is 9.90. The van der Waals surface area contributed by atoms with Crippen molar-refractivity contribution < 1.29 is 0 Å². The molecule has 0 fully saturated rings. The van der Waals surface area contributed by atoms with E-state index in [2.05, 4.69) is 251 Å². The van der Waals surface area contributed by atoms with E-state index in [1.807, 2.05) is 23.1 Å². The first-order chi connectivity index (χ1) is 33.2. The summed E-state index contributed by atoms with van der Waals surface area (Å²) in [5, 5.41) is 10.1. The molecular formula is C62H39N3S2. The molecule has 0 N–H and O–H groups in total. The molecule has 0 unspecified atom stereocenters. The Morgan fingerprint density at radius 1 is 0.343 bits per heavy atom. The third-order valence-electron chi connectivity index (χ3n) is 13.5. The highest BCUT2D eigenvalue weighted by Gasteiger charge is 2.27. The first kappa shape index (κ1) is 38.2. The van der Waals surface area contributed by atoms with Crippen LogP contribution in [0.25, 0.3) is 80.3 Å². The lowest BCUT2D eigenvalue weighted by Crippen LogP contribution is -2.16. The van der Waals surface area contributed by atoms with Crippen LogP contribution in [-0.4, -0.2) is 4.57 Å². The summed E-state index contributed by atoms with van der Waals surface area (Å²) in [4.78, 5) is 7.25. The van der Waals surface area contributed by atoms with Crippen LogP contribution in [0.4, 0.5) is 34.1 Å². The zero-order valence-electron chi connectivity index (χ0n) is 36.2. The largest absolute Gasteiger partial charge is 0.310 e. The van der Waals surface area contributed by atoms with Gasteiger partial charge in [-0.3, -0.25) is 0 Å².